The lowest BCUT2D eigenvalue weighted by Gasteiger charge is -2.09. The lowest BCUT2D eigenvalue weighted by atomic mass is 10.1. The molecule has 4 heteroatoms. The zero-order valence-electron chi connectivity index (χ0n) is 10.7. The van der Waals surface area contributed by atoms with E-state index in [1.807, 2.05) is 32.0 Å². The molecule has 0 fully saturated rings. The Kier molecular flexibility index (Phi) is 4.32. The lowest BCUT2D eigenvalue weighted by molar-refractivity contribution is 0.102. The third-order valence-corrected chi connectivity index (χ3v) is 3.55. The van der Waals surface area contributed by atoms with Crippen molar-refractivity contribution in [3.8, 4) is 0 Å². The van der Waals surface area contributed by atoms with Crippen LogP contribution in [0.15, 0.2) is 45.8 Å². The molecule has 0 aromatic heterocycles. The molecule has 0 saturated carbocycles. The highest BCUT2D eigenvalue weighted by molar-refractivity contribution is 9.10. The van der Waals surface area contributed by atoms with Gasteiger partial charge in [0.05, 0.1) is 5.56 Å². The molecule has 0 aliphatic heterocycles. The largest absolute Gasteiger partial charge is 0.322 e. The summed E-state index contributed by atoms with van der Waals surface area (Å²) >= 11 is 7.67. The normalized spacial score (nSPS) is 10.3. The van der Waals surface area contributed by atoms with Gasteiger partial charge >= 0.3 is 0 Å². The minimum absolute atomic E-state index is 0.150. The van der Waals surface area contributed by atoms with Crippen LogP contribution in [0.25, 0.3) is 0 Å². The van der Waals surface area contributed by atoms with E-state index in [1.54, 1.807) is 12.1 Å². The fourth-order valence-corrected chi connectivity index (χ4v) is 2.80. The van der Waals surface area contributed by atoms with Gasteiger partial charge in [0.15, 0.2) is 0 Å². The van der Waals surface area contributed by atoms with Crippen molar-refractivity contribution in [3.05, 3.63) is 57.6 Å². The molecule has 2 aromatic rings. The molecular formula is C15H14BrNOS. The van der Waals surface area contributed by atoms with E-state index in [2.05, 4.69) is 39.9 Å². The molecule has 98 valence electrons. The Balaban J connectivity index is 2.25. The first-order chi connectivity index (χ1) is 8.95. The average molecular weight is 336 g/mol. The number of rotatable bonds is 2. The smallest absolute Gasteiger partial charge is 0.256 e. The molecule has 19 heavy (non-hydrogen) atoms. The molecule has 0 aliphatic carbocycles. The highest BCUT2D eigenvalue weighted by atomic mass is 79.9. The first-order valence-corrected chi connectivity index (χ1v) is 7.08. The molecule has 0 unspecified atom stereocenters. The first-order valence-electron chi connectivity index (χ1n) is 5.84. The summed E-state index contributed by atoms with van der Waals surface area (Å²) in [7, 11) is 0. The van der Waals surface area contributed by atoms with Gasteiger partial charge in [0.25, 0.3) is 5.91 Å². The van der Waals surface area contributed by atoms with Crippen LogP contribution in [0.4, 0.5) is 5.69 Å². The molecule has 0 saturated heterocycles. The average Bonchev–Trinajstić information content (AvgIpc) is 2.26. The molecule has 0 spiro atoms. The number of thiol groups is 1. The fourth-order valence-electron chi connectivity index (χ4n) is 1.94. The van der Waals surface area contributed by atoms with Crippen molar-refractivity contribution in [3.63, 3.8) is 0 Å². The van der Waals surface area contributed by atoms with Gasteiger partial charge in [0.1, 0.15) is 0 Å². The minimum atomic E-state index is -0.150. The Morgan fingerprint density at radius 2 is 1.74 bits per heavy atom. The zero-order chi connectivity index (χ0) is 14.0. The molecule has 0 aliphatic rings. The number of aryl methyl sites for hydroxylation is 2. The highest BCUT2D eigenvalue weighted by Crippen LogP contribution is 2.21. The summed E-state index contributed by atoms with van der Waals surface area (Å²) in [4.78, 5) is 12.8. The zero-order valence-corrected chi connectivity index (χ0v) is 13.2. The SMILES string of the molecule is Cc1cc(C)cc(NC(=O)c2ccc(Br)cc2S)c1. The third kappa shape index (κ3) is 3.61. The van der Waals surface area contributed by atoms with Crippen LogP contribution in [0.2, 0.25) is 0 Å². The monoisotopic (exact) mass is 335 g/mol. The van der Waals surface area contributed by atoms with Gasteiger partial charge in [0.2, 0.25) is 0 Å². The molecule has 0 heterocycles. The van der Waals surface area contributed by atoms with Crippen LogP contribution in [-0.4, -0.2) is 5.91 Å². The van der Waals surface area contributed by atoms with Crippen molar-refractivity contribution in [2.24, 2.45) is 0 Å². The summed E-state index contributed by atoms with van der Waals surface area (Å²) in [6, 6.07) is 11.4. The molecule has 0 bridgehead atoms. The van der Waals surface area contributed by atoms with E-state index in [0.717, 1.165) is 21.3 Å². The molecule has 0 radical (unpaired) electrons. The van der Waals surface area contributed by atoms with Gasteiger partial charge in [0, 0.05) is 15.1 Å². The van der Waals surface area contributed by atoms with E-state index >= 15 is 0 Å². The summed E-state index contributed by atoms with van der Waals surface area (Å²) < 4.78 is 0.903. The van der Waals surface area contributed by atoms with Gasteiger partial charge in [-0.1, -0.05) is 22.0 Å². The van der Waals surface area contributed by atoms with Crippen molar-refractivity contribution in [1.29, 1.82) is 0 Å². The van der Waals surface area contributed by atoms with E-state index < -0.39 is 0 Å². The van der Waals surface area contributed by atoms with Gasteiger partial charge < -0.3 is 5.32 Å². The number of hydrogen-bond donors (Lipinski definition) is 2. The number of carbonyl (C=O) groups is 1. The summed E-state index contributed by atoms with van der Waals surface area (Å²) in [5, 5.41) is 2.90. The Bertz CT molecular complexity index is 620. The van der Waals surface area contributed by atoms with Crippen LogP contribution in [0.3, 0.4) is 0 Å². The maximum Gasteiger partial charge on any atom is 0.256 e. The topological polar surface area (TPSA) is 29.1 Å². The number of amides is 1. The second-order valence-electron chi connectivity index (χ2n) is 4.49. The van der Waals surface area contributed by atoms with E-state index in [1.165, 1.54) is 0 Å². The second-order valence-corrected chi connectivity index (χ2v) is 5.89. The predicted molar refractivity (Wildman–Crippen MR) is 85.3 cm³/mol. The standard InChI is InChI=1S/C15H14BrNOS/c1-9-5-10(2)7-12(6-9)17-15(18)13-4-3-11(16)8-14(13)19/h3-8,19H,1-2H3,(H,17,18). The van der Waals surface area contributed by atoms with Crippen LogP contribution < -0.4 is 5.32 Å². The number of hydrogen-bond acceptors (Lipinski definition) is 2. The van der Waals surface area contributed by atoms with E-state index in [9.17, 15) is 4.79 Å². The predicted octanol–water partition coefficient (Wildman–Crippen LogP) is 4.61. The van der Waals surface area contributed by atoms with Crippen molar-refractivity contribution in [2.45, 2.75) is 18.7 Å². The van der Waals surface area contributed by atoms with Gasteiger partial charge in [-0.3, -0.25) is 4.79 Å². The molecule has 1 amide bonds. The Hall–Kier alpha value is -1.26. The molecule has 0 atom stereocenters. The molecule has 2 aromatic carbocycles. The Morgan fingerprint density at radius 1 is 1.11 bits per heavy atom. The fraction of sp³-hybridized carbons (Fsp3) is 0.133. The van der Waals surface area contributed by atoms with E-state index in [-0.39, 0.29) is 5.91 Å². The lowest BCUT2D eigenvalue weighted by Crippen LogP contribution is -2.12. The molecule has 1 N–H and O–H groups in total. The quantitative estimate of drug-likeness (QED) is 0.771. The number of anilines is 1. The molecular weight excluding hydrogens is 322 g/mol. The van der Waals surface area contributed by atoms with Crippen molar-refractivity contribution >= 4 is 40.2 Å². The summed E-state index contributed by atoms with van der Waals surface area (Å²) in [6.07, 6.45) is 0. The van der Waals surface area contributed by atoms with Crippen LogP contribution in [-0.2, 0) is 0 Å². The summed E-state index contributed by atoms with van der Waals surface area (Å²) in [6.45, 7) is 4.01. The Labute approximate surface area is 126 Å². The van der Waals surface area contributed by atoms with Gasteiger partial charge in [-0.25, -0.2) is 0 Å². The number of carbonyl (C=O) groups excluding carboxylic acids is 1. The van der Waals surface area contributed by atoms with Crippen LogP contribution in [0, 0.1) is 13.8 Å². The Morgan fingerprint density at radius 3 is 2.32 bits per heavy atom. The van der Waals surface area contributed by atoms with Crippen molar-refractivity contribution < 1.29 is 4.79 Å². The maximum atomic E-state index is 12.2. The van der Waals surface area contributed by atoms with Gasteiger partial charge in [-0.15, -0.1) is 12.6 Å². The van der Waals surface area contributed by atoms with Gasteiger partial charge in [-0.05, 0) is 55.3 Å². The van der Waals surface area contributed by atoms with Crippen LogP contribution in [0.5, 0.6) is 0 Å². The highest BCUT2D eigenvalue weighted by Gasteiger charge is 2.10. The summed E-state index contributed by atoms with van der Waals surface area (Å²) in [5.41, 5.74) is 3.61. The molecule has 2 rings (SSSR count). The maximum absolute atomic E-state index is 12.2. The summed E-state index contributed by atoms with van der Waals surface area (Å²) in [5.74, 6) is -0.150. The van der Waals surface area contributed by atoms with E-state index in [0.29, 0.717) is 10.5 Å². The van der Waals surface area contributed by atoms with Crippen LogP contribution in [0.1, 0.15) is 21.5 Å². The molecule has 2 nitrogen and oxygen atoms in total. The van der Waals surface area contributed by atoms with E-state index in [4.69, 9.17) is 0 Å². The van der Waals surface area contributed by atoms with Crippen LogP contribution >= 0.6 is 28.6 Å². The number of benzene rings is 2. The number of nitrogens with one attached hydrogen (secondary N) is 1. The van der Waals surface area contributed by atoms with Gasteiger partial charge in [-0.2, -0.15) is 0 Å². The third-order valence-electron chi connectivity index (χ3n) is 2.68. The van der Waals surface area contributed by atoms with Crippen molar-refractivity contribution in [1.82, 2.24) is 0 Å². The van der Waals surface area contributed by atoms with Crippen molar-refractivity contribution in [2.75, 3.05) is 5.32 Å². The second kappa shape index (κ2) is 5.80. The first kappa shape index (κ1) is 14.2. The number of halogens is 1. The minimum Gasteiger partial charge on any atom is -0.322 e.